The first-order valence-corrected chi connectivity index (χ1v) is 6.95. The molecule has 1 N–H and O–H groups in total. The molecule has 2 rings (SSSR count). The van der Waals surface area contributed by atoms with Gasteiger partial charge >= 0.3 is 0 Å². The van der Waals surface area contributed by atoms with Gasteiger partial charge < -0.3 is 5.32 Å². The second-order valence-electron chi connectivity index (χ2n) is 5.10. The number of benzene rings is 2. The van der Waals surface area contributed by atoms with E-state index in [1.807, 2.05) is 31.2 Å². The summed E-state index contributed by atoms with van der Waals surface area (Å²) in [6.45, 7) is 6.06. The average Bonchev–Trinajstić information content (AvgIpc) is 2.38. The van der Waals surface area contributed by atoms with Crippen LogP contribution in [0.15, 0.2) is 36.4 Å². The molecule has 1 amide bonds. The topological polar surface area (TPSA) is 29.1 Å². The van der Waals surface area contributed by atoms with Crippen LogP contribution in [0.3, 0.4) is 0 Å². The Kier molecular flexibility index (Phi) is 4.46. The number of carbonyl (C=O) groups is 1. The third-order valence-corrected chi connectivity index (χ3v) is 3.64. The summed E-state index contributed by atoms with van der Waals surface area (Å²) in [5.74, 6) is -0.0291. The van der Waals surface area contributed by atoms with Crippen molar-refractivity contribution in [1.82, 2.24) is 0 Å². The molecule has 0 saturated carbocycles. The van der Waals surface area contributed by atoms with Gasteiger partial charge in [-0.25, -0.2) is 0 Å². The Morgan fingerprint density at radius 1 is 1.00 bits per heavy atom. The number of anilines is 1. The Labute approximate surface area is 124 Å². The maximum absolute atomic E-state index is 12.1. The third-order valence-electron chi connectivity index (χ3n) is 3.41. The number of aryl methyl sites for hydroxylation is 3. The maximum atomic E-state index is 12.1. The molecule has 0 heterocycles. The molecule has 0 aliphatic rings. The highest BCUT2D eigenvalue weighted by Gasteiger charge is 2.07. The highest BCUT2D eigenvalue weighted by atomic mass is 35.5. The number of halogens is 1. The fourth-order valence-corrected chi connectivity index (χ4v) is 2.19. The van der Waals surface area contributed by atoms with E-state index in [2.05, 4.69) is 25.2 Å². The smallest absolute Gasteiger partial charge is 0.228 e. The van der Waals surface area contributed by atoms with Crippen molar-refractivity contribution >= 4 is 23.2 Å². The molecule has 2 aromatic rings. The molecule has 0 unspecified atom stereocenters. The molecule has 0 radical (unpaired) electrons. The Morgan fingerprint density at radius 2 is 1.70 bits per heavy atom. The summed E-state index contributed by atoms with van der Waals surface area (Å²) in [6, 6.07) is 11.6. The van der Waals surface area contributed by atoms with Crippen LogP contribution in [0, 0.1) is 20.8 Å². The summed E-state index contributed by atoms with van der Waals surface area (Å²) in [5, 5.41) is 3.53. The van der Waals surface area contributed by atoms with E-state index in [1.54, 1.807) is 6.07 Å². The molecule has 104 valence electrons. The average molecular weight is 288 g/mol. The molecule has 0 fully saturated rings. The quantitative estimate of drug-likeness (QED) is 0.888. The predicted molar refractivity (Wildman–Crippen MR) is 84.4 cm³/mol. The molecule has 0 atom stereocenters. The summed E-state index contributed by atoms with van der Waals surface area (Å²) in [7, 11) is 0. The van der Waals surface area contributed by atoms with E-state index in [-0.39, 0.29) is 5.91 Å². The fourth-order valence-electron chi connectivity index (χ4n) is 2.02. The van der Waals surface area contributed by atoms with Crippen LogP contribution in [0.5, 0.6) is 0 Å². The van der Waals surface area contributed by atoms with Crippen LogP contribution in [-0.4, -0.2) is 5.91 Å². The largest absolute Gasteiger partial charge is 0.326 e. The molecular weight excluding hydrogens is 270 g/mol. The van der Waals surface area contributed by atoms with Crippen molar-refractivity contribution in [2.45, 2.75) is 27.2 Å². The number of hydrogen-bond donors (Lipinski definition) is 1. The first-order chi connectivity index (χ1) is 9.45. The van der Waals surface area contributed by atoms with Gasteiger partial charge in [0, 0.05) is 10.7 Å². The van der Waals surface area contributed by atoms with Gasteiger partial charge in [-0.15, -0.1) is 0 Å². The van der Waals surface area contributed by atoms with Crippen molar-refractivity contribution in [3.05, 3.63) is 63.7 Å². The zero-order valence-corrected chi connectivity index (χ0v) is 12.7. The molecule has 0 aliphatic heterocycles. The van der Waals surface area contributed by atoms with E-state index in [0.29, 0.717) is 11.4 Å². The van der Waals surface area contributed by atoms with Crippen LogP contribution < -0.4 is 5.32 Å². The Bertz CT molecular complexity index is 649. The van der Waals surface area contributed by atoms with E-state index in [4.69, 9.17) is 11.6 Å². The van der Waals surface area contributed by atoms with Crippen LogP contribution in [-0.2, 0) is 11.2 Å². The number of rotatable bonds is 3. The molecule has 3 heteroatoms. The van der Waals surface area contributed by atoms with Crippen molar-refractivity contribution in [1.29, 1.82) is 0 Å². The Balaban J connectivity index is 2.09. The highest BCUT2D eigenvalue weighted by molar-refractivity contribution is 6.31. The lowest BCUT2D eigenvalue weighted by Crippen LogP contribution is -2.15. The van der Waals surface area contributed by atoms with Gasteiger partial charge in [-0.3, -0.25) is 4.79 Å². The fraction of sp³-hybridized carbons (Fsp3) is 0.235. The van der Waals surface area contributed by atoms with Crippen molar-refractivity contribution < 1.29 is 4.79 Å². The maximum Gasteiger partial charge on any atom is 0.228 e. The normalized spacial score (nSPS) is 10.4. The van der Waals surface area contributed by atoms with Gasteiger partial charge in [0.1, 0.15) is 0 Å². The number of nitrogens with one attached hydrogen (secondary N) is 1. The molecule has 0 saturated heterocycles. The van der Waals surface area contributed by atoms with Gasteiger partial charge in [-0.1, -0.05) is 35.9 Å². The minimum absolute atomic E-state index is 0.0291. The molecule has 2 nitrogen and oxygen atoms in total. The lowest BCUT2D eigenvalue weighted by Gasteiger charge is -2.09. The molecule has 0 bridgehead atoms. The molecule has 0 aromatic heterocycles. The third kappa shape index (κ3) is 3.61. The van der Waals surface area contributed by atoms with Crippen molar-refractivity contribution in [2.75, 3.05) is 5.32 Å². The Morgan fingerprint density at radius 3 is 2.40 bits per heavy atom. The van der Waals surface area contributed by atoms with Crippen molar-refractivity contribution in [3.63, 3.8) is 0 Å². The zero-order chi connectivity index (χ0) is 14.7. The minimum atomic E-state index is -0.0291. The minimum Gasteiger partial charge on any atom is -0.326 e. The molecule has 20 heavy (non-hydrogen) atoms. The standard InChI is InChI=1S/C17H18ClNO/c1-11-4-6-14(8-13(11)3)9-17(20)19-16-10-15(18)7-5-12(16)2/h4-8,10H,9H2,1-3H3,(H,19,20). The zero-order valence-electron chi connectivity index (χ0n) is 12.0. The second kappa shape index (κ2) is 6.10. The highest BCUT2D eigenvalue weighted by Crippen LogP contribution is 2.20. The summed E-state index contributed by atoms with van der Waals surface area (Å²) >= 11 is 5.95. The summed E-state index contributed by atoms with van der Waals surface area (Å²) < 4.78 is 0. The van der Waals surface area contributed by atoms with Crippen LogP contribution in [0.25, 0.3) is 0 Å². The monoisotopic (exact) mass is 287 g/mol. The number of hydrogen-bond acceptors (Lipinski definition) is 1. The van der Waals surface area contributed by atoms with Gasteiger partial charge in [0.15, 0.2) is 0 Å². The van der Waals surface area contributed by atoms with E-state index in [1.165, 1.54) is 11.1 Å². The van der Waals surface area contributed by atoms with E-state index in [0.717, 1.165) is 16.8 Å². The van der Waals surface area contributed by atoms with Gasteiger partial charge in [0.2, 0.25) is 5.91 Å². The van der Waals surface area contributed by atoms with Crippen LogP contribution in [0.1, 0.15) is 22.3 Å². The van der Waals surface area contributed by atoms with E-state index in [9.17, 15) is 4.79 Å². The van der Waals surface area contributed by atoms with E-state index < -0.39 is 0 Å². The molecule has 0 spiro atoms. The van der Waals surface area contributed by atoms with E-state index >= 15 is 0 Å². The number of amides is 1. The van der Waals surface area contributed by atoms with Crippen LogP contribution in [0.2, 0.25) is 5.02 Å². The van der Waals surface area contributed by atoms with Crippen LogP contribution in [0.4, 0.5) is 5.69 Å². The van der Waals surface area contributed by atoms with Gasteiger partial charge in [0.05, 0.1) is 6.42 Å². The molecule has 0 aliphatic carbocycles. The summed E-state index contributed by atoms with van der Waals surface area (Å²) in [5.41, 5.74) is 5.23. The van der Waals surface area contributed by atoms with Crippen LogP contribution >= 0.6 is 11.6 Å². The second-order valence-corrected chi connectivity index (χ2v) is 5.54. The van der Waals surface area contributed by atoms with Crippen molar-refractivity contribution in [3.8, 4) is 0 Å². The van der Waals surface area contributed by atoms with Crippen molar-refractivity contribution in [2.24, 2.45) is 0 Å². The first-order valence-electron chi connectivity index (χ1n) is 6.58. The lowest BCUT2D eigenvalue weighted by atomic mass is 10.0. The Hall–Kier alpha value is -1.80. The molecular formula is C17H18ClNO. The predicted octanol–water partition coefficient (Wildman–Crippen LogP) is 4.45. The first kappa shape index (κ1) is 14.6. The summed E-state index contributed by atoms with van der Waals surface area (Å²) in [6.07, 6.45) is 0.368. The SMILES string of the molecule is Cc1ccc(CC(=O)Nc2cc(Cl)ccc2C)cc1C. The van der Waals surface area contributed by atoms with Gasteiger partial charge in [-0.05, 0) is 55.2 Å². The van der Waals surface area contributed by atoms with Gasteiger partial charge in [-0.2, -0.15) is 0 Å². The lowest BCUT2D eigenvalue weighted by molar-refractivity contribution is -0.115. The molecule has 2 aromatic carbocycles. The van der Waals surface area contributed by atoms with Gasteiger partial charge in [0.25, 0.3) is 0 Å². The summed E-state index contributed by atoms with van der Waals surface area (Å²) in [4.78, 5) is 12.1. The number of carbonyl (C=O) groups excluding carboxylic acids is 1.